The Morgan fingerprint density at radius 3 is 2.20 bits per heavy atom. The molecule has 0 amide bonds. The SMILES string of the molecule is Cc1c(Cl)nc(C(C)(C)C)nc1N1CC(C)OC(C)C1. The van der Waals surface area contributed by atoms with Crippen LogP contribution in [0.1, 0.15) is 46.0 Å². The predicted molar refractivity (Wildman–Crippen MR) is 82.7 cm³/mol. The first-order chi connectivity index (χ1) is 9.18. The average Bonchev–Trinajstić information content (AvgIpc) is 2.29. The quantitative estimate of drug-likeness (QED) is 0.745. The van der Waals surface area contributed by atoms with Gasteiger partial charge in [-0.15, -0.1) is 0 Å². The topological polar surface area (TPSA) is 38.2 Å². The van der Waals surface area contributed by atoms with E-state index >= 15 is 0 Å². The van der Waals surface area contributed by atoms with E-state index < -0.39 is 0 Å². The molecule has 2 atom stereocenters. The van der Waals surface area contributed by atoms with Crippen LogP contribution >= 0.6 is 11.6 Å². The zero-order chi connectivity index (χ0) is 15.1. The summed E-state index contributed by atoms with van der Waals surface area (Å²) in [7, 11) is 0. The van der Waals surface area contributed by atoms with Crippen LogP contribution in [0.25, 0.3) is 0 Å². The minimum Gasteiger partial charge on any atom is -0.372 e. The van der Waals surface area contributed by atoms with E-state index in [1.807, 2.05) is 6.92 Å². The number of aromatic nitrogens is 2. The second kappa shape index (κ2) is 5.49. The van der Waals surface area contributed by atoms with Crippen molar-refractivity contribution < 1.29 is 4.74 Å². The molecule has 0 saturated carbocycles. The molecule has 1 saturated heterocycles. The molecule has 2 heterocycles. The molecule has 2 rings (SSSR count). The van der Waals surface area contributed by atoms with Crippen LogP contribution in [-0.4, -0.2) is 35.3 Å². The third-order valence-corrected chi connectivity index (χ3v) is 3.82. The van der Waals surface area contributed by atoms with Crippen LogP contribution in [0, 0.1) is 6.92 Å². The van der Waals surface area contributed by atoms with Crippen molar-refractivity contribution in [2.24, 2.45) is 0 Å². The summed E-state index contributed by atoms with van der Waals surface area (Å²) in [5, 5.41) is 0.548. The van der Waals surface area contributed by atoms with Gasteiger partial charge in [0, 0.05) is 24.1 Å². The number of hydrogen-bond acceptors (Lipinski definition) is 4. The summed E-state index contributed by atoms with van der Waals surface area (Å²) >= 11 is 6.31. The van der Waals surface area contributed by atoms with Crippen molar-refractivity contribution in [3.63, 3.8) is 0 Å². The highest BCUT2D eigenvalue weighted by Gasteiger charge is 2.27. The van der Waals surface area contributed by atoms with Crippen LogP contribution < -0.4 is 4.90 Å². The molecule has 1 aromatic rings. The van der Waals surface area contributed by atoms with Gasteiger partial charge < -0.3 is 9.64 Å². The second-order valence-electron chi connectivity index (χ2n) is 6.70. The largest absolute Gasteiger partial charge is 0.372 e. The van der Waals surface area contributed by atoms with Gasteiger partial charge in [-0.3, -0.25) is 0 Å². The monoisotopic (exact) mass is 297 g/mol. The van der Waals surface area contributed by atoms with Crippen molar-refractivity contribution in [3.05, 3.63) is 16.5 Å². The van der Waals surface area contributed by atoms with Crippen molar-refractivity contribution in [3.8, 4) is 0 Å². The number of anilines is 1. The summed E-state index contributed by atoms with van der Waals surface area (Å²) in [5.41, 5.74) is 0.830. The number of halogens is 1. The van der Waals surface area contributed by atoms with Crippen LogP contribution in [0.2, 0.25) is 5.15 Å². The van der Waals surface area contributed by atoms with Crippen LogP contribution in [0.5, 0.6) is 0 Å². The molecule has 2 unspecified atom stereocenters. The maximum atomic E-state index is 6.31. The van der Waals surface area contributed by atoms with Gasteiger partial charge in [-0.1, -0.05) is 32.4 Å². The van der Waals surface area contributed by atoms with E-state index in [-0.39, 0.29) is 17.6 Å². The van der Waals surface area contributed by atoms with Crippen molar-refractivity contribution in [1.82, 2.24) is 9.97 Å². The molecule has 0 aromatic carbocycles. The lowest BCUT2D eigenvalue weighted by Gasteiger charge is -2.37. The summed E-state index contributed by atoms with van der Waals surface area (Å²) in [6.45, 7) is 14.1. The summed E-state index contributed by atoms with van der Waals surface area (Å²) in [6.07, 6.45) is 0.398. The zero-order valence-corrected chi connectivity index (χ0v) is 14.0. The number of hydrogen-bond donors (Lipinski definition) is 0. The molecule has 112 valence electrons. The Morgan fingerprint density at radius 2 is 1.70 bits per heavy atom. The number of rotatable bonds is 1. The molecule has 1 aliphatic rings. The van der Waals surface area contributed by atoms with Gasteiger partial charge in [0.25, 0.3) is 0 Å². The first kappa shape index (κ1) is 15.5. The van der Waals surface area contributed by atoms with E-state index in [1.54, 1.807) is 0 Å². The molecule has 0 aliphatic carbocycles. The Balaban J connectivity index is 2.42. The normalized spacial score (nSPS) is 24.1. The molecule has 4 nitrogen and oxygen atoms in total. The minimum absolute atomic E-state index is 0.115. The molecular weight excluding hydrogens is 274 g/mol. The summed E-state index contributed by atoms with van der Waals surface area (Å²) in [5.74, 6) is 1.73. The van der Waals surface area contributed by atoms with Gasteiger partial charge in [0.1, 0.15) is 16.8 Å². The first-order valence-corrected chi connectivity index (χ1v) is 7.51. The Bertz CT molecular complexity index is 489. The van der Waals surface area contributed by atoms with E-state index in [0.717, 1.165) is 30.3 Å². The van der Waals surface area contributed by atoms with E-state index in [4.69, 9.17) is 21.3 Å². The highest BCUT2D eigenvalue weighted by molar-refractivity contribution is 6.30. The lowest BCUT2D eigenvalue weighted by molar-refractivity contribution is -0.00551. The smallest absolute Gasteiger partial charge is 0.137 e. The number of morpholine rings is 1. The Hall–Kier alpha value is -0.870. The third kappa shape index (κ3) is 3.23. The molecular formula is C15H24ClN3O. The Labute approximate surface area is 126 Å². The van der Waals surface area contributed by atoms with Crippen molar-refractivity contribution >= 4 is 17.4 Å². The molecule has 20 heavy (non-hydrogen) atoms. The van der Waals surface area contributed by atoms with Gasteiger partial charge in [0.05, 0.1) is 12.2 Å². The maximum absolute atomic E-state index is 6.31. The van der Waals surface area contributed by atoms with E-state index in [2.05, 4.69) is 44.5 Å². The number of nitrogens with zero attached hydrogens (tertiary/aromatic N) is 3. The molecule has 0 bridgehead atoms. The summed E-state index contributed by atoms with van der Waals surface area (Å²) in [6, 6.07) is 0. The Morgan fingerprint density at radius 1 is 1.15 bits per heavy atom. The van der Waals surface area contributed by atoms with Crippen LogP contribution in [0.3, 0.4) is 0 Å². The maximum Gasteiger partial charge on any atom is 0.137 e. The van der Waals surface area contributed by atoms with Gasteiger partial charge >= 0.3 is 0 Å². The molecule has 0 radical (unpaired) electrons. The first-order valence-electron chi connectivity index (χ1n) is 7.13. The van der Waals surface area contributed by atoms with Gasteiger partial charge in [-0.25, -0.2) is 9.97 Å². The molecule has 1 aromatic heterocycles. The molecule has 1 fully saturated rings. The van der Waals surface area contributed by atoms with Gasteiger partial charge in [0.2, 0.25) is 0 Å². The number of ether oxygens (including phenoxy) is 1. The fourth-order valence-corrected chi connectivity index (χ4v) is 2.64. The standard InChI is InChI=1S/C15H24ClN3O/c1-9-7-19(8-10(2)20-9)13-11(3)12(16)17-14(18-13)15(4,5)6/h9-10H,7-8H2,1-6H3. The average molecular weight is 298 g/mol. The Kier molecular flexibility index (Phi) is 4.26. The highest BCUT2D eigenvalue weighted by Crippen LogP contribution is 2.29. The summed E-state index contributed by atoms with van der Waals surface area (Å²) in [4.78, 5) is 11.5. The minimum atomic E-state index is -0.115. The third-order valence-electron chi connectivity index (χ3n) is 3.45. The second-order valence-corrected chi connectivity index (χ2v) is 7.06. The lowest BCUT2D eigenvalue weighted by Crippen LogP contribution is -2.46. The van der Waals surface area contributed by atoms with E-state index in [0.29, 0.717) is 5.15 Å². The van der Waals surface area contributed by atoms with Gasteiger partial charge in [-0.05, 0) is 20.8 Å². The van der Waals surface area contributed by atoms with Gasteiger partial charge in [0.15, 0.2) is 0 Å². The molecule has 1 aliphatic heterocycles. The van der Waals surface area contributed by atoms with Crippen molar-refractivity contribution in [1.29, 1.82) is 0 Å². The van der Waals surface area contributed by atoms with Crippen molar-refractivity contribution in [2.75, 3.05) is 18.0 Å². The molecule has 0 spiro atoms. The molecule has 0 N–H and O–H groups in total. The van der Waals surface area contributed by atoms with Crippen LogP contribution in [0.4, 0.5) is 5.82 Å². The molecule has 5 heteroatoms. The fourth-order valence-electron chi connectivity index (χ4n) is 2.47. The van der Waals surface area contributed by atoms with Crippen LogP contribution in [0.15, 0.2) is 0 Å². The van der Waals surface area contributed by atoms with Crippen LogP contribution in [-0.2, 0) is 10.2 Å². The van der Waals surface area contributed by atoms with Crippen molar-refractivity contribution in [2.45, 2.75) is 59.2 Å². The van der Waals surface area contributed by atoms with Gasteiger partial charge in [-0.2, -0.15) is 0 Å². The van der Waals surface area contributed by atoms with E-state index in [1.165, 1.54) is 0 Å². The highest BCUT2D eigenvalue weighted by atomic mass is 35.5. The lowest BCUT2D eigenvalue weighted by atomic mass is 9.95. The zero-order valence-electron chi connectivity index (χ0n) is 13.2. The van der Waals surface area contributed by atoms with E-state index in [9.17, 15) is 0 Å². The predicted octanol–water partition coefficient (Wildman–Crippen LogP) is 3.35. The fraction of sp³-hybridized carbons (Fsp3) is 0.733. The summed E-state index contributed by atoms with van der Waals surface area (Å²) < 4.78 is 5.79.